The Morgan fingerprint density at radius 3 is 1.60 bits per heavy atom. The van der Waals surface area contributed by atoms with E-state index in [-0.39, 0.29) is 69.1 Å². The Hall–Kier alpha value is -8.18. The van der Waals surface area contributed by atoms with Crippen molar-refractivity contribution in [3.63, 3.8) is 0 Å². The fourth-order valence-corrected chi connectivity index (χ4v) is 13.5. The fraction of sp³-hybridized carbons (Fsp3) is 0.600. The van der Waals surface area contributed by atoms with Crippen molar-refractivity contribution in [3.05, 3.63) is 85.0 Å². The van der Waals surface area contributed by atoms with Crippen LogP contribution in [-0.4, -0.2) is 171 Å². The molecule has 6 fully saturated rings. The number of hydrogen-bond donors (Lipinski definition) is 6. The highest BCUT2D eigenvalue weighted by Gasteiger charge is 2.63. The number of carbonyl (C=O) groups is 10. The fourth-order valence-electron chi connectivity index (χ4n) is 13.5. The van der Waals surface area contributed by atoms with Gasteiger partial charge in [-0.2, -0.15) is 0 Å². The zero-order valence-corrected chi connectivity index (χ0v) is 52.5. The lowest BCUT2D eigenvalue weighted by Crippen LogP contribution is -2.59. The quantitative estimate of drug-likeness (QED) is 0.0530. The molecule has 8 aliphatic rings. The number of fused-ring (bicyclic) bond motifs is 2. The van der Waals surface area contributed by atoms with E-state index in [1.165, 1.54) is 15.9 Å². The molecule has 2 unspecified atom stereocenters. The number of nitrogens with one attached hydrogen (secondary N) is 5. The Morgan fingerprint density at radius 2 is 1.12 bits per heavy atom. The largest absolute Gasteiger partial charge is 0.479 e. The highest BCUT2D eigenvalue weighted by molar-refractivity contribution is 5.99. The monoisotopic (exact) mass is 1230 g/mol. The van der Waals surface area contributed by atoms with Crippen molar-refractivity contribution in [2.45, 2.75) is 198 Å². The molecule has 0 aromatic heterocycles. The van der Waals surface area contributed by atoms with Crippen molar-refractivity contribution < 1.29 is 67.3 Å². The second-order valence-corrected chi connectivity index (χ2v) is 27.2. The van der Waals surface area contributed by atoms with Gasteiger partial charge < -0.3 is 65.5 Å². The first-order valence-electron chi connectivity index (χ1n) is 31.3. The number of rotatable bonds is 17. The average molecular weight is 1230 g/mol. The zero-order chi connectivity index (χ0) is 64.5. The Labute approximate surface area is 520 Å². The smallest absolute Gasteiger partial charge is 0.408 e. The topological polar surface area (TPSA) is 295 Å². The number of carboxylic acids is 1. The molecule has 0 radical (unpaired) electrons. The normalized spacial score (nSPS) is 27.1. The summed E-state index contributed by atoms with van der Waals surface area (Å²) in [6, 6.07) is 9.28. The molecule has 24 nitrogen and oxygen atoms in total. The summed E-state index contributed by atoms with van der Waals surface area (Å²) in [7, 11) is 1.68. The van der Waals surface area contributed by atoms with Gasteiger partial charge in [0, 0.05) is 50.7 Å². The molecule has 4 saturated carbocycles. The van der Waals surface area contributed by atoms with E-state index in [2.05, 4.69) is 39.7 Å². The van der Waals surface area contributed by atoms with Gasteiger partial charge in [0.25, 0.3) is 0 Å². The number of amides is 10. The zero-order valence-electron chi connectivity index (χ0n) is 52.5. The van der Waals surface area contributed by atoms with Crippen LogP contribution in [-0.2, 0) is 56.1 Å². The van der Waals surface area contributed by atoms with Gasteiger partial charge in [-0.1, -0.05) is 90.1 Å². The second-order valence-electron chi connectivity index (χ2n) is 27.2. The third kappa shape index (κ3) is 13.8. The van der Waals surface area contributed by atoms with E-state index >= 15 is 0 Å². The Bertz CT molecular complexity index is 3110. The van der Waals surface area contributed by atoms with Crippen LogP contribution in [0.1, 0.15) is 137 Å². The molecule has 2 aromatic rings. The highest BCUT2D eigenvalue weighted by atomic mass is 16.6. The van der Waals surface area contributed by atoms with Crippen LogP contribution < -0.4 is 31.5 Å². The van der Waals surface area contributed by atoms with E-state index in [9.17, 15) is 53.1 Å². The maximum absolute atomic E-state index is 14.4. The van der Waals surface area contributed by atoms with Crippen molar-refractivity contribution in [2.24, 2.45) is 22.7 Å². The minimum atomic E-state index is -1.49. The number of carbonyl (C=O) groups excluding carboxylic acids is 9. The van der Waals surface area contributed by atoms with Gasteiger partial charge in [0.15, 0.2) is 0 Å². The molecule has 10 atom stereocenters. The number of urea groups is 2. The van der Waals surface area contributed by atoms with Crippen LogP contribution in [0.3, 0.4) is 0 Å². The van der Waals surface area contributed by atoms with Gasteiger partial charge in [-0.3, -0.25) is 24.1 Å². The molecule has 4 aliphatic carbocycles. The van der Waals surface area contributed by atoms with Gasteiger partial charge in [-0.15, -0.1) is 13.2 Å². The molecule has 10 amide bonds. The minimum absolute atomic E-state index is 0.0373. The van der Waals surface area contributed by atoms with Crippen LogP contribution >= 0.6 is 0 Å². The molecule has 4 aliphatic heterocycles. The lowest BCUT2D eigenvalue weighted by molar-refractivity contribution is -0.150. The summed E-state index contributed by atoms with van der Waals surface area (Å²) in [4.78, 5) is 142. The number of ether oxygens (including phenoxy) is 3. The third-order valence-electron chi connectivity index (χ3n) is 18.9. The van der Waals surface area contributed by atoms with Crippen LogP contribution in [0.4, 0.5) is 30.6 Å². The number of anilines is 2. The maximum Gasteiger partial charge on any atom is 0.408 e. The molecule has 24 heteroatoms. The predicted octanol–water partition coefficient (Wildman–Crippen LogP) is 6.97. The van der Waals surface area contributed by atoms with Crippen molar-refractivity contribution in [3.8, 4) is 0 Å². The van der Waals surface area contributed by atoms with Crippen LogP contribution in [0.25, 0.3) is 0 Å². The lowest BCUT2D eigenvalue weighted by atomic mass is 9.85. The standard InChI is InChI=1S/C33H45N5O7.C32H43N5O7/c1-6-21-17-33(21,29(41)44-7-2)36-27(39)25-16-22(37-18-20-12-8-11-15-24(20)34-30(37)42)19-38(25)28(40)26(32(3,4)5)35-31(43)45-23-13-9-10-14-23;1-6-20-16-32(20,28(40)41)34-26(38)24-15-21(36-17-19-11-7-10-14-23(19)35(5)30(36)43)18-37(24)27(39)25(31(2,3)4)33-29(42)44-22-12-8-9-13-22/h6,8,11-12,15,21-23,25-26H,1,7,9-10,13-14,16-19H2,2-5H3,(H,34,42)(H,35,43)(H,36,39);6-7,10-11,14,20-22,24-25H,1,8-9,12-13,15-18H2,2-5H3,(H,33,42)(H,34,38)(H,40,41)/t21?,22-,25+,26-,33-;20?,21-,24+,25-,32-/m11/s1. The van der Waals surface area contributed by atoms with E-state index in [4.69, 9.17) is 14.2 Å². The molecule has 89 heavy (non-hydrogen) atoms. The molecule has 482 valence electrons. The minimum Gasteiger partial charge on any atom is -0.479 e. The Kier molecular flexibility index (Phi) is 19.1. The number of likely N-dealkylation sites (tertiary alicyclic amines) is 2. The number of esters is 1. The average Bonchev–Trinajstić information content (AvgIpc) is 1.62. The van der Waals surface area contributed by atoms with Gasteiger partial charge in [0.2, 0.25) is 23.6 Å². The number of aliphatic carboxylic acids is 1. The first-order valence-corrected chi connectivity index (χ1v) is 31.3. The maximum atomic E-state index is 14.4. The van der Waals surface area contributed by atoms with Crippen molar-refractivity contribution in [1.82, 2.24) is 40.9 Å². The van der Waals surface area contributed by atoms with Crippen molar-refractivity contribution in [2.75, 3.05) is 37.0 Å². The second kappa shape index (κ2) is 26.1. The number of para-hydroxylation sites is 2. The van der Waals surface area contributed by atoms with Gasteiger partial charge in [0.05, 0.1) is 24.4 Å². The number of alkyl carbamates (subject to hydrolysis) is 2. The molecular formula is C65H88N10O14. The van der Waals surface area contributed by atoms with E-state index in [1.54, 1.807) is 34.7 Å². The summed E-state index contributed by atoms with van der Waals surface area (Å²) in [5.41, 5.74) is -0.868. The highest BCUT2D eigenvalue weighted by Crippen LogP contribution is 2.47. The summed E-state index contributed by atoms with van der Waals surface area (Å²) in [6.07, 6.45) is 9.21. The molecule has 2 saturated heterocycles. The number of nitrogens with zero attached hydrogens (tertiary/aromatic N) is 5. The molecule has 0 spiro atoms. The Balaban J connectivity index is 0.000000211. The van der Waals surface area contributed by atoms with E-state index < -0.39 is 112 Å². The van der Waals surface area contributed by atoms with Crippen molar-refractivity contribution in [1.29, 1.82) is 0 Å². The van der Waals surface area contributed by atoms with Gasteiger partial charge in [-0.25, -0.2) is 28.8 Å². The number of hydrogen-bond acceptors (Lipinski definition) is 13. The van der Waals surface area contributed by atoms with E-state index in [1.807, 2.05) is 90.1 Å². The van der Waals surface area contributed by atoms with Crippen LogP contribution in [0, 0.1) is 22.7 Å². The first-order chi connectivity index (χ1) is 42.1. The molecular weight excluding hydrogens is 1140 g/mol. The molecule has 0 bridgehead atoms. The van der Waals surface area contributed by atoms with Crippen molar-refractivity contribution >= 4 is 71.2 Å². The van der Waals surface area contributed by atoms with Gasteiger partial charge >= 0.3 is 36.2 Å². The summed E-state index contributed by atoms with van der Waals surface area (Å²) in [5.74, 6) is -4.57. The summed E-state index contributed by atoms with van der Waals surface area (Å²) in [5, 5.41) is 24.0. The number of benzene rings is 2. The predicted molar refractivity (Wildman–Crippen MR) is 327 cm³/mol. The summed E-state index contributed by atoms with van der Waals surface area (Å²) in [6.45, 7) is 21.0. The lowest BCUT2D eigenvalue weighted by Gasteiger charge is -2.38. The van der Waals surface area contributed by atoms with Gasteiger partial charge in [-0.05, 0) is 118 Å². The Morgan fingerprint density at radius 1 is 0.674 bits per heavy atom. The molecule has 4 heterocycles. The molecule has 2 aromatic carbocycles. The van der Waals surface area contributed by atoms with Crippen LogP contribution in [0.15, 0.2) is 73.8 Å². The summed E-state index contributed by atoms with van der Waals surface area (Å²) < 4.78 is 16.5. The van der Waals surface area contributed by atoms with Crippen LogP contribution in [0.2, 0.25) is 0 Å². The molecule has 6 N–H and O–H groups in total. The van der Waals surface area contributed by atoms with E-state index in [0.29, 0.717) is 19.5 Å². The van der Waals surface area contributed by atoms with Gasteiger partial charge in [0.1, 0.15) is 47.5 Å². The number of carboxylic acid groups (broad SMARTS) is 1. The first kappa shape index (κ1) is 65.3. The van der Waals surface area contributed by atoms with Crippen LogP contribution in [0.5, 0.6) is 0 Å². The van der Waals surface area contributed by atoms with E-state index in [0.717, 1.165) is 73.9 Å². The molecule has 10 rings (SSSR count). The SMILES string of the molecule is C=CC1C[C@]1(NC(=O)[C@@H]1C[C@@H](N2Cc3ccccc3N(C)C2=O)CN1C(=O)[C@@H](NC(=O)OC1CCCC1)C(C)(C)C)C(=O)O.C=CC1C[C@]1(NC(=O)[C@@H]1C[C@@H](N2Cc3ccccc3NC2=O)CN1C(=O)[C@@H](NC(=O)OC1CCCC1)C(C)(C)C)C(=O)OCC. The summed E-state index contributed by atoms with van der Waals surface area (Å²) >= 11 is 0. The third-order valence-corrected chi connectivity index (χ3v) is 18.9.